The largest absolute Gasteiger partial charge is 0.446 e. The fourth-order valence-electron chi connectivity index (χ4n) is 2.96. The first kappa shape index (κ1) is 23.6. The summed E-state index contributed by atoms with van der Waals surface area (Å²) < 4.78 is 5.51. The minimum Gasteiger partial charge on any atom is -0.446 e. The number of nitrogens with one attached hydrogen (secondary N) is 1. The van der Waals surface area contributed by atoms with Crippen molar-refractivity contribution in [2.45, 2.75) is 85.4 Å². The van der Waals surface area contributed by atoms with Gasteiger partial charge < -0.3 is 14.6 Å². The maximum Gasteiger partial charge on any atom is 0.273 e. The van der Waals surface area contributed by atoms with E-state index >= 15 is 0 Å². The van der Waals surface area contributed by atoms with E-state index in [0.29, 0.717) is 11.5 Å². The molecule has 0 radical (unpaired) electrons. The van der Waals surface area contributed by atoms with E-state index in [1.165, 1.54) is 11.8 Å². The molecule has 6 nitrogen and oxygen atoms in total. The number of oxazole rings is 1. The molecule has 164 valence electrons. The molecule has 30 heavy (non-hydrogen) atoms. The molecule has 1 aromatic carbocycles. The van der Waals surface area contributed by atoms with Crippen molar-refractivity contribution in [3.05, 3.63) is 53.2 Å². The molecule has 1 N–H and O–H groups in total. The standard InChI is InChI=1S/C24H35N3O3/c1-8-16(3)25-22(28)20-15-30-21(26-20)14-27(17(4)9-2)23(29)18-10-12-19(13-11-18)24(5,6)7/h10-13,15-17H,8-9,14H2,1-7H3,(H,25,28)/t16-,17-/m1/s1. The number of nitrogens with zero attached hydrogens (tertiary/aromatic N) is 2. The molecule has 6 heteroatoms. The van der Waals surface area contributed by atoms with E-state index in [2.05, 4.69) is 31.1 Å². The van der Waals surface area contributed by atoms with Crippen LogP contribution in [0.25, 0.3) is 0 Å². The SMILES string of the molecule is CC[C@@H](C)NC(=O)c1coc(CN(C(=O)c2ccc(C(C)(C)C)cc2)[C@H](C)CC)n1. The van der Waals surface area contributed by atoms with Gasteiger partial charge in [0, 0.05) is 17.6 Å². The first-order chi connectivity index (χ1) is 14.1. The molecule has 2 aromatic rings. The number of benzene rings is 1. The molecular formula is C24H35N3O3. The Morgan fingerprint density at radius 1 is 1.10 bits per heavy atom. The second-order valence-corrected chi connectivity index (χ2v) is 8.93. The summed E-state index contributed by atoms with van der Waals surface area (Å²) in [5, 5.41) is 2.87. The first-order valence-electron chi connectivity index (χ1n) is 10.7. The molecule has 0 fully saturated rings. The Morgan fingerprint density at radius 3 is 2.27 bits per heavy atom. The predicted molar refractivity (Wildman–Crippen MR) is 118 cm³/mol. The van der Waals surface area contributed by atoms with E-state index < -0.39 is 0 Å². The maximum atomic E-state index is 13.2. The van der Waals surface area contributed by atoms with Gasteiger partial charge in [-0.2, -0.15) is 0 Å². The highest BCUT2D eigenvalue weighted by Gasteiger charge is 2.24. The molecule has 1 heterocycles. The van der Waals surface area contributed by atoms with Crippen LogP contribution in [0.5, 0.6) is 0 Å². The summed E-state index contributed by atoms with van der Waals surface area (Å²) >= 11 is 0. The highest BCUT2D eigenvalue weighted by Crippen LogP contribution is 2.23. The van der Waals surface area contributed by atoms with Gasteiger partial charge in [0.05, 0.1) is 6.54 Å². The number of amides is 2. The van der Waals surface area contributed by atoms with Gasteiger partial charge in [-0.3, -0.25) is 9.59 Å². The normalized spacial score (nSPS) is 13.6. The number of carbonyl (C=O) groups excluding carboxylic acids is 2. The zero-order chi connectivity index (χ0) is 22.5. The van der Waals surface area contributed by atoms with Gasteiger partial charge in [0.2, 0.25) is 5.89 Å². The van der Waals surface area contributed by atoms with Crippen LogP contribution in [0, 0.1) is 0 Å². The highest BCUT2D eigenvalue weighted by atomic mass is 16.3. The van der Waals surface area contributed by atoms with E-state index in [4.69, 9.17) is 4.42 Å². The Labute approximate surface area is 180 Å². The van der Waals surface area contributed by atoms with Crippen LogP contribution in [0.3, 0.4) is 0 Å². The summed E-state index contributed by atoms with van der Waals surface area (Å²) in [4.78, 5) is 31.5. The van der Waals surface area contributed by atoms with Gasteiger partial charge in [-0.25, -0.2) is 4.98 Å². The van der Waals surface area contributed by atoms with Gasteiger partial charge in [-0.05, 0) is 49.8 Å². The lowest BCUT2D eigenvalue weighted by Crippen LogP contribution is -2.38. The average Bonchev–Trinajstić information content (AvgIpc) is 3.19. The fourth-order valence-corrected chi connectivity index (χ4v) is 2.96. The maximum absolute atomic E-state index is 13.2. The van der Waals surface area contributed by atoms with Crippen molar-refractivity contribution in [2.75, 3.05) is 0 Å². The quantitative estimate of drug-likeness (QED) is 0.665. The van der Waals surface area contributed by atoms with Crippen molar-refractivity contribution in [3.8, 4) is 0 Å². The lowest BCUT2D eigenvalue weighted by Gasteiger charge is -2.28. The van der Waals surface area contributed by atoms with Crippen LogP contribution in [-0.4, -0.2) is 33.8 Å². The van der Waals surface area contributed by atoms with Gasteiger partial charge in [-0.1, -0.05) is 46.8 Å². The Balaban J connectivity index is 2.19. The van der Waals surface area contributed by atoms with Gasteiger partial charge in [0.1, 0.15) is 6.26 Å². The van der Waals surface area contributed by atoms with Crippen LogP contribution in [0.2, 0.25) is 0 Å². The summed E-state index contributed by atoms with van der Waals surface area (Å²) in [6, 6.07) is 7.82. The van der Waals surface area contributed by atoms with Crippen molar-refractivity contribution in [1.29, 1.82) is 0 Å². The summed E-state index contributed by atoms with van der Waals surface area (Å²) in [7, 11) is 0. The molecule has 2 amide bonds. The molecule has 0 aliphatic heterocycles. The molecule has 0 aliphatic rings. The zero-order valence-electron chi connectivity index (χ0n) is 19.3. The smallest absolute Gasteiger partial charge is 0.273 e. The van der Waals surface area contributed by atoms with Gasteiger partial charge in [0.25, 0.3) is 11.8 Å². The van der Waals surface area contributed by atoms with Crippen molar-refractivity contribution < 1.29 is 14.0 Å². The van der Waals surface area contributed by atoms with Crippen molar-refractivity contribution in [3.63, 3.8) is 0 Å². The predicted octanol–water partition coefficient (Wildman–Crippen LogP) is 4.94. The van der Waals surface area contributed by atoms with E-state index in [1.807, 2.05) is 52.0 Å². The molecule has 0 bridgehead atoms. The molecule has 2 atom stereocenters. The molecule has 2 rings (SSSR count). The lowest BCUT2D eigenvalue weighted by molar-refractivity contribution is 0.0652. The molecule has 1 aromatic heterocycles. The van der Waals surface area contributed by atoms with Crippen molar-refractivity contribution in [2.24, 2.45) is 0 Å². The monoisotopic (exact) mass is 413 g/mol. The average molecular weight is 414 g/mol. The molecule has 0 saturated heterocycles. The van der Waals surface area contributed by atoms with E-state index in [-0.39, 0.29) is 41.6 Å². The number of aromatic nitrogens is 1. The molecular weight excluding hydrogens is 378 g/mol. The summed E-state index contributed by atoms with van der Waals surface area (Å²) in [6.45, 7) is 14.6. The van der Waals surface area contributed by atoms with Crippen LogP contribution >= 0.6 is 0 Å². The lowest BCUT2D eigenvalue weighted by atomic mass is 9.86. The van der Waals surface area contributed by atoms with E-state index in [1.54, 1.807) is 4.90 Å². The zero-order valence-corrected chi connectivity index (χ0v) is 19.3. The third kappa shape index (κ3) is 5.94. The molecule has 0 spiro atoms. The summed E-state index contributed by atoms with van der Waals surface area (Å²) in [6.07, 6.45) is 2.99. The van der Waals surface area contributed by atoms with Gasteiger partial charge in [-0.15, -0.1) is 0 Å². The number of hydrogen-bond acceptors (Lipinski definition) is 4. The van der Waals surface area contributed by atoms with Gasteiger partial charge >= 0.3 is 0 Å². The van der Waals surface area contributed by atoms with Gasteiger partial charge in [0.15, 0.2) is 5.69 Å². The Morgan fingerprint density at radius 2 is 1.73 bits per heavy atom. The second-order valence-electron chi connectivity index (χ2n) is 8.93. The molecule has 0 aliphatic carbocycles. The Kier molecular flexibility index (Phi) is 7.82. The number of rotatable bonds is 8. The van der Waals surface area contributed by atoms with E-state index in [9.17, 15) is 9.59 Å². The fraction of sp³-hybridized carbons (Fsp3) is 0.542. The van der Waals surface area contributed by atoms with Crippen LogP contribution in [0.4, 0.5) is 0 Å². The molecule has 0 unspecified atom stereocenters. The minimum absolute atomic E-state index is 0.00378. The Bertz CT molecular complexity index is 849. The topological polar surface area (TPSA) is 75.4 Å². The van der Waals surface area contributed by atoms with Crippen LogP contribution in [0.1, 0.15) is 93.6 Å². The number of hydrogen-bond donors (Lipinski definition) is 1. The third-order valence-corrected chi connectivity index (χ3v) is 5.46. The van der Waals surface area contributed by atoms with E-state index in [0.717, 1.165) is 12.8 Å². The summed E-state index contributed by atoms with van der Waals surface area (Å²) in [5.74, 6) is 0.0106. The minimum atomic E-state index is -0.265. The van der Waals surface area contributed by atoms with Crippen LogP contribution in [0.15, 0.2) is 34.9 Å². The third-order valence-electron chi connectivity index (χ3n) is 5.46. The van der Waals surface area contributed by atoms with Crippen molar-refractivity contribution in [1.82, 2.24) is 15.2 Å². The van der Waals surface area contributed by atoms with Crippen LogP contribution < -0.4 is 5.32 Å². The molecule has 0 saturated carbocycles. The van der Waals surface area contributed by atoms with Crippen LogP contribution in [-0.2, 0) is 12.0 Å². The second kappa shape index (κ2) is 9.92. The van der Waals surface area contributed by atoms with Crippen molar-refractivity contribution >= 4 is 11.8 Å². The Hall–Kier alpha value is -2.63. The first-order valence-corrected chi connectivity index (χ1v) is 10.7. The summed E-state index contributed by atoms with van der Waals surface area (Å²) in [5.41, 5.74) is 2.07. The number of carbonyl (C=O) groups is 2. The highest BCUT2D eigenvalue weighted by molar-refractivity contribution is 5.94.